The van der Waals surface area contributed by atoms with Crippen molar-refractivity contribution in [1.82, 2.24) is 0 Å². The maximum Gasteiger partial charge on any atom is 0.338 e. The molecule has 3 aliphatic rings. The van der Waals surface area contributed by atoms with Gasteiger partial charge in [-0.2, -0.15) is 0 Å². The minimum atomic E-state index is -1.98. The minimum absolute atomic E-state index is 0.0344. The molecule has 3 saturated heterocycles. The van der Waals surface area contributed by atoms with Crippen LogP contribution in [0.1, 0.15) is 79.4 Å². The molecule has 10 rings (SSSR count). The van der Waals surface area contributed by atoms with Crippen molar-refractivity contribution in [2.24, 2.45) is 0 Å². The topological polar surface area (TPSA) is 260 Å². The number of aliphatic hydroxyl groups is 1. The lowest BCUT2D eigenvalue weighted by Gasteiger charge is -2.48. The summed E-state index contributed by atoms with van der Waals surface area (Å²) in [5, 5.41) is 12.9. The SMILES string of the molecule is C=CCO[C@H]1O[C@H](CO[C@@H]2OC[C@@H](OC(=O)c3ccccc3)[C@H](OC(=O)c3ccccc3)[C@H]2OC(=O)c2ccccc2)[C@@H](O)[C@H](O[C@@H]2O[C@@H](C)[C@H](OC(=O)c3ccccc3)[C@@H](OC(=O)c3ccccc3)[C@H]2OC(=O)c2ccccc2)[C@H]1OC(=O)c1ccccc1. The van der Waals surface area contributed by atoms with Crippen LogP contribution in [0.5, 0.6) is 0 Å². The van der Waals surface area contributed by atoms with E-state index in [9.17, 15) is 38.7 Å². The van der Waals surface area contributed by atoms with Gasteiger partial charge in [0.15, 0.2) is 61.6 Å². The Balaban J connectivity index is 1.02. The highest BCUT2D eigenvalue weighted by molar-refractivity contribution is 5.93. The molecule has 0 amide bonds. The third kappa shape index (κ3) is 15.8. The Morgan fingerprint density at radius 1 is 0.400 bits per heavy atom. The van der Waals surface area contributed by atoms with Gasteiger partial charge in [-0.3, -0.25) is 0 Å². The van der Waals surface area contributed by atoms with Crippen LogP contribution in [0.3, 0.4) is 0 Å². The van der Waals surface area contributed by atoms with Gasteiger partial charge in [0.25, 0.3) is 0 Å². The van der Waals surface area contributed by atoms with Crippen molar-refractivity contribution in [2.45, 2.75) is 92.9 Å². The van der Waals surface area contributed by atoms with Crippen LogP contribution in [0, 0.1) is 0 Å². The average Bonchev–Trinajstić information content (AvgIpc) is 0.807. The van der Waals surface area contributed by atoms with Crippen LogP contribution in [-0.2, 0) is 61.6 Å². The Kier molecular flexibility index (Phi) is 21.4. The average molecular weight is 1230 g/mol. The van der Waals surface area contributed by atoms with E-state index in [2.05, 4.69) is 6.58 Å². The molecule has 3 heterocycles. The van der Waals surface area contributed by atoms with Crippen molar-refractivity contribution in [2.75, 3.05) is 19.8 Å². The Hall–Kier alpha value is -9.71. The molecule has 0 radical (unpaired) electrons. The molecule has 7 aromatic rings. The summed E-state index contributed by atoms with van der Waals surface area (Å²) in [6.45, 7) is 3.79. The number of carbonyl (C=O) groups is 7. The highest BCUT2D eigenvalue weighted by atomic mass is 16.8. The van der Waals surface area contributed by atoms with Gasteiger partial charge in [-0.1, -0.05) is 133 Å². The molecule has 464 valence electrons. The van der Waals surface area contributed by atoms with E-state index >= 15 is 0 Å². The largest absolute Gasteiger partial charge is 0.452 e. The Bertz CT molecular complexity index is 3530. The zero-order valence-corrected chi connectivity index (χ0v) is 48.3. The molecule has 1 N–H and O–H groups in total. The minimum Gasteiger partial charge on any atom is -0.452 e. The van der Waals surface area contributed by atoms with Gasteiger partial charge >= 0.3 is 41.8 Å². The maximum atomic E-state index is 14.4. The third-order valence-electron chi connectivity index (χ3n) is 14.6. The van der Waals surface area contributed by atoms with Crippen LogP contribution in [0.25, 0.3) is 0 Å². The monoisotopic (exact) mass is 1230 g/mol. The quantitative estimate of drug-likeness (QED) is 0.0380. The first-order valence-corrected chi connectivity index (χ1v) is 28.8. The van der Waals surface area contributed by atoms with Crippen molar-refractivity contribution >= 4 is 41.8 Å². The summed E-state index contributed by atoms with van der Waals surface area (Å²) in [5.41, 5.74) is 0.596. The molecule has 0 bridgehead atoms. The summed E-state index contributed by atoms with van der Waals surface area (Å²) in [6, 6.07) is 55.1. The van der Waals surface area contributed by atoms with Crippen LogP contribution in [-0.4, -0.2) is 153 Å². The number of rotatable bonds is 22. The zero-order valence-electron chi connectivity index (χ0n) is 48.3. The number of benzene rings is 7. The molecule has 7 aromatic carbocycles. The van der Waals surface area contributed by atoms with Gasteiger partial charge in [0.05, 0.1) is 64.9 Å². The van der Waals surface area contributed by atoms with Gasteiger partial charge in [-0.15, -0.1) is 6.58 Å². The Labute approximate surface area is 516 Å². The van der Waals surface area contributed by atoms with Gasteiger partial charge in [0.2, 0.25) is 0 Å². The zero-order chi connectivity index (χ0) is 62.9. The summed E-state index contributed by atoms with van der Waals surface area (Å²) in [4.78, 5) is 98.7. The van der Waals surface area contributed by atoms with E-state index in [4.69, 9.17) is 61.6 Å². The van der Waals surface area contributed by atoms with Crippen molar-refractivity contribution in [3.05, 3.63) is 264 Å². The first-order valence-electron chi connectivity index (χ1n) is 28.8. The van der Waals surface area contributed by atoms with Gasteiger partial charge < -0.3 is 66.7 Å². The van der Waals surface area contributed by atoms with Crippen LogP contribution < -0.4 is 0 Å². The van der Waals surface area contributed by atoms with Crippen LogP contribution in [0.4, 0.5) is 0 Å². The van der Waals surface area contributed by atoms with Crippen molar-refractivity contribution in [3.63, 3.8) is 0 Å². The second-order valence-electron chi connectivity index (χ2n) is 20.7. The summed E-state index contributed by atoms with van der Waals surface area (Å²) < 4.78 is 81.5. The van der Waals surface area contributed by atoms with Crippen LogP contribution in [0.2, 0.25) is 0 Å². The fraction of sp³-hybridized carbons (Fsp3) is 0.261. The molecule has 90 heavy (non-hydrogen) atoms. The number of ether oxygens (including phenoxy) is 13. The smallest absolute Gasteiger partial charge is 0.338 e. The van der Waals surface area contributed by atoms with Gasteiger partial charge in [0, 0.05) is 0 Å². The molecule has 0 saturated carbocycles. The van der Waals surface area contributed by atoms with E-state index in [0.29, 0.717) is 0 Å². The number of hydrogen-bond acceptors (Lipinski definition) is 21. The highest BCUT2D eigenvalue weighted by Crippen LogP contribution is 2.37. The molecule has 3 aliphatic heterocycles. The van der Waals surface area contributed by atoms with E-state index in [1.165, 1.54) is 97.9 Å². The summed E-state index contributed by atoms with van der Waals surface area (Å²) in [6.07, 6.45) is -22.3. The fourth-order valence-electron chi connectivity index (χ4n) is 10.1. The molecule has 21 nitrogen and oxygen atoms in total. The van der Waals surface area contributed by atoms with Crippen molar-refractivity contribution in [1.29, 1.82) is 0 Å². The third-order valence-corrected chi connectivity index (χ3v) is 14.6. The van der Waals surface area contributed by atoms with E-state index in [-0.39, 0.29) is 45.6 Å². The van der Waals surface area contributed by atoms with Crippen molar-refractivity contribution < 1.29 is 100 Å². The first kappa shape index (κ1) is 63.3. The van der Waals surface area contributed by atoms with Crippen molar-refractivity contribution in [3.8, 4) is 0 Å². The van der Waals surface area contributed by atoms with Crippen LogP contribution in [0.15, 0.2) is 225 Å². The Morgan fingerprint density at radius 2 is 0.722 bits per heavy atom. The molecular weight excluding hydrogens is 1160 g/mol. The maximum absolute atomic E-state index is 14.4. The Morgan fingerprint density at radius 3 is 1.10 bits per heavy atom. The van der Waals surface area contributed by atoms with E-state index in [0.717, 1.165) is 0 Å². The molecule has 14 atom stereocenters. The van der Waals surface area contributed by atoms with E-state index < -0.39 is 141 Å². The van der Waals surface area contributed by atoms with E-state index in [1.807, 2.05) is 0 Å². The molecule has 3 fully saturated rings. The van der Waals surface area contributed by atoms with Gasteiger partial charge in [-0.25, -0.2) is 33.6 Å². The lowest BCUT2D eigenvalue weighted by atomic mass is 9.96. The molecule has 21 heteroatoms. The predicted molar refractivity (Wildman–Crippen MR) is 315 cm³/mol. The highest BCUT2D eigenvalue weighted by Gasteiger charge is 2.57. The molecule has 0 aromatic heterocycles. The normalized spacial score (nSPS) is 25.4. The lowest BCUT2D eigenvalue weighted by Crippen LogP contribution is -2.66. The fourth-order valence-corrected chi connectivity index (χ4v) is 10.1. The summed E-state index contributed by atoms with van der Waals surface area (Å²) >= 11 is 0. The number of carbonyl (C=O) groups excluding carboxylic acids is 7. The second kappa shape index (κ2) is 30.5. The van der Waals surface area contributed by atoms with Gasteiger partial charge in [0.1, 0.15) is 18.3 Å². The standard InChI is InChI=1S/C69H62O21/c1-3-39-78-68-58(88-65(76)48-35-21-9-22-36-48)55(90-69-59(89-66(77)49-37-23-10-24-38-49)56(86-63(74)46-31-17-7-18-32-46)53(42(2)81-69)84-61(72)44-27-13-5-14-28-44)52(70)50(83-68)40-79-67-57(87-64(75)47-33-19-8-20-34-47)54(85-62(73)45-29-15-6-16-30-45)51(41-80-67)82-60(71)43-25-11-4-12-26-43/h3-38,42,50-59,67-70H,1,39-41H2,2H3/t42-,50+,51+,52+,53-,54-,55-,56+,57+,58+,59+,67+,68-,69-/m0/s1. The second-order valence-corrected chi connectivity index (χ2v) is 20.7. The number of hydrogen-bond donors (Lipinski definition) is 1. The molecular formula is C69H62O21. The van der Waals surface area contributed by atoms with E-state index in [1.54, 1.807) is 127 Å². The molecule has 0 aliphatic carbocycles. The molecule has 0 unspecified atom stereocenters. The number of aliphatic hydroxyl groups excluding tert-OH is 1. The first-order chi connectivity index (χ1) is 43.8. The summed E-state index contributed by atoms with van der Waals surface area (Å²) in [5.74, 6) is -6.33. The number of esters is 7. The summed E-state index contributed by atoms with van der Waals surface area (Å²) in [7, 11) is 0. The predicted octanol–water partition coefficient (Wildman–Crippen LogP) is 8.36. The van der Waals surface area contributed by atoms with Gasteiger partial charge in [-0.05, 0) is 91.9 Å². The lowest BCUT2D eigenvalue weighted by molar-refractivity contribution is -0.359. The van der Waals surface area contributed by atoms with Crippen LogP contribution >= 0.6 is 0 Å². The molecule has 0 spiro atoms.